The zero-order valence-corrected chi connectivity index (χ0v) is 18.0. The van der Waals surface area contributed by atoms with Gasteiger partial charge < -0.3 is 9.32 Å². The molecule has 1 fully saturated rings. The summed E-state index contributed by atoms with van der Waals surface area (Å²) in [6.07, 6.45) is 1.76. The fraction of sp³-hybridized carbons (Fsp3) is 0.179. The molecule has 4 heteroatoms. The first-order valence-corrected chi connectivity index (χ1v) is 11.1. The lowest BCUT2D eigenvalue weighted by Crippen LogP contribution is -2.31. The van der Waals surface area contributed by atoms with Gasteiger partial charge in [0.15, 0.2) is 0 Å². The average molecular weight is 422 g/mol. The molecule has 1 aromatic heterocycles. The summed E-state index contributed by atoms with van der Waals surface area (Å²) in [5.41, 5.74) is 3.77. The Kier molecular flexibility index (Phi) is 6.13. The largest absolute Gasteiger partial charge is 0.466 e. The van der Waals surface area contributed by atoms with Gasteiger partial charge in [0.2, 0.25) is 0 Å². The first kappa shape index (κ1) is 20.3. The number of furan rings is 1. The summed E-state index contributed by atoms with van der Waals surface area (Å²) in [5, 5.41) is 0. The maximum atomic E-state index is 5.93. The van der Waals surface area contributed by atoms with Crippen LogP contribution in [0.4, 0.5) is 0 Å². The number of benzene rings is 3. The molecule has 160 valence electrons. The van der Waals surface area contributed by atoms with Gasteiger partial charge in [-0.15, -0.1) is 0 Å². The fourth-order valence-electron chi connectivity index (χ4n) is 4.29. The first-order chi connectivity index (χ1) is 15.9. The Morgan fingerprint density at radius 3 is 1.88 bits per heavy atom. The van der Waals surface area contributed by atoms with E-state index in [0.29, 0.717) is 6.54 Å². The van der Waals surface area contributed by atoms with E-state index in [1.165, 1.54) is 16.7 Å². The van der Waals surface area contributed by atoms with Crippen molar-refractivity contribution in [3.63, 3.8) is 0 Å². The van der Waals surface area contributed by atoms with Crippen molar-refractivity contribution < 1.29 is 4.42 Å². The Balaban J connectivity index is 1.50. The van der Waals surface area contributed by atoms with Crippen LogP contribution in [0.25, 0.3) is 0 Å². The number of hydrogen-bond acceptors (Lipinski definition) is 3. The molecular formula is C28H27N3O. The minimum atomic E-state index is -0.0000596. The lowest BCUT2D eigenvalue weighted by atomic mass is 10.2. The third kappa shape index (κ3) is 4.66. The maximum absolute atomic E-state index is 5.93. The Morgan fingerprint density at radius 2 is 1.28 bits per heavy atom. The van der Waals surface area contributed by atoms with Crippen molar-refractivity contribution in [3.05, 3.63) is 132 Å². The van der Waals surface area contributed by atoms with Gasteiger partial charge >= 0.3 is 0 Å². The van der Waals surface area contributed by atoms with Crippen LogP contribution in [-0.4, -0.2) is 22.2 Å². The van der Waals surface area contributed by atoms with Gasteiger partial charge in [-0.05, 0) is 28.8 Å². The van der Waals surface area contributed by atoms with Crippen molar-refractivity contribution >= 4 is 5.84 Å². The smallest absolute Gasteiger partial charge is 0.144 e. The van der Waals surface area contributed by atoms with E-state index in [1.54, 1.807) is 6.26 Å². The molecule has 0 saturated carbocycles. The summed E-state index contributed by atoms with van der Waals surface area (Å²) in [5.74, 6) is 2.04. The van der Waals surface area contributed by atoms with Gasteiger partial charge in [-0.25, -0.2) is 0 Å². The highest BCUT2D eigenvalue weighted by molar-refractivity contribution is 5.86. The van der Waals surface area contributed by atoms with Crippen LogP contribution in [0.1, 0.15) is 28.6 Å². The SMILES string of the molecule is c1ccc(CN=C2CN(Cc3ccccc3)C(c3ccco3)N2Cc2ccccc2)cc1. The molecule has 2 heterocycles. The van der Waals surface area contributed by atoms with Crippen LogP contribution < -0.4 is 0 Å². The zero-order valence-electron chi connectivity index (χ0n) is 18.0. The second-order valence-electron chi connectivity index (χ2n) is 8.11. The van der Waals surface area contributed by atoms with Crippen molar-refractivity contribution in [3.8, 4) is 0 Å². The Labute approximate surface area is 189 Å². The quantitative estimate of drug-likeness (QED) is 0.373. The fourth-order valence-corrected chi connectivity index (χ4v) is 4.29. The molecule has 4 nitrogen and oxygen atoms in total. The molecule has 5 rings (SSSR count). The molecule has 0 radical (unpaired) electrons. The van der Waals surface area contributed by atoms with E-state index in [9.17, 15) is 0 Å². The van der Waals surface area contributed by atoms with E-state index in [4.69, 9.17) is 9.41 Å². The van der Waals surface area contributed by atoms with Crippen LogP contribution in [0.15, 0.2) is 119 Å². The van der Waals surface area contributed by atoms with Crippen LogP contribution in [-0.2, 0) is 19.6 Å². The molecule has 1 unspecified atom stereocenters. The van der Waals surface area contributed by atoms with Crippen LogP contribution in [0.5, 0.6) is 0 Å². The molecule has 4 aromatic rings. The summed E-state index contributed by atoms with van der Waals surface area (Å²) in [6.45, 7) is 3.07. The molecule has 1 atom stereocenters. The Morgan fingerprint density at radius 1 is 0.688 bits per heavy atom. The van der Waals surface area contributed by atoms with Gasteiger partial charge in [-0.2, -0.15) is 0 Å². The Bertz CT molecular complexity index is 1130. The van der Waals surface area contributed by atoms with Gasteiger partial charge in [0.1, 0.15) is 17.8 Å². The summed E-state index contributed by atoms with van der Waals surface area (Å²) in [4.78, 5) is 9.92. The van der Waals surface area contributed by atoms with Crippen LogP contribution >= 0.6 is 0 Å². The zero-order chi connectivity index (χ0) is 21.6. The van der Waals surface area contributed by atoms with Gasteiger partial charge in [0.05, 0.1) is 19.4 Å². The lowest BCUT2D eigenvalue weighted by Gasteiger charge is -2.29. The summed E-state index contributed by atoms with van der Waals surface area (Å²) >= 11 is 0. The lowest BCUT2D eigenvalue weighted by molar-refractivity contribution is 0.118. The first-order valence-electron chi connectivity index (χ1n) is 11.1. The van der Waals surface area contributed by atoms with Crippen molar-refractivity contribution in [2.75, 3.05) is 6.54 Å². The average Bonchev–Trinajstić information content (AvgIpc) is 3.48. The summed E-state index contributed by atoms with van der Waals surface area (Å²) in [6, 6.07) is 35.7. The van der Waals surface area contributed by atoms with Crippen LogP contribution in [0.2, 0.25) is 0 Å². The Hall–Kier alpha value is -3.63. The van der Waals surface area contributed by atoms with E-state index >= 15 is 0 Å². The van der Waals surface area contributed by atoms with Gasteiger partial charge in [0.25, 0.3) is 0 Å². The molecule has 0 aliphatic carbocycles. The highest BCUT2D eigenvalue weighted by Crippen LogP contribution is 2.34. The number of amidine groups is 1. The summed E-state index contributed by atoms with van der Waals surface area (Å²) < 4.78 is 5.93. The minimum Gasteiger partial charge on any atom is -0.466 e. The van der Waals surface area contributed by atoms with Crippen molar-refractivity contribution in [2.24, 2.45) is 4.99 Å². The van der Waals surface area contributed by atoms with Crippen molar-refractivity contribution in [1.29, 1.82) is 0 Å². The van der Waals surface area contributed by atoms with Crippen LogP contribution in [0, 0.1) is 0 Å². The summed E-state index contributed by atoms with van der Waals surface area (Å²) in [7, 11) is 0. The third-order valence-electron chi connectivity index (χ3n) is 5.83. The van der Waals surface area contributed by atoms with E-state index in [0.717, 1.165) is 31.2 Å². The molecule has 0 bridgehead atoms. The van der Waals surface area contributed by atoms with E-state index in [1.807, 2.05) is 12.1 Å². The second-order valence-corrected chi connectivity index (χ2v) is 8.11. The topological polar surface area (TPSA) is 32.0 Å². The number of rotatable bonds is 7. The standard InChI is InChI=1S/C28H27N3O/c1-4-11-23(12-5-1)19-29-27-22-30(20-24-13-6-2-7-14-24)28(26-17-10-18-32-26)31(27)21-25-15-8-3-9-16-25/h1-18,28H,19-22H2. The molecule has 1 aliphatic heterocycles. The molecular weight excluding hydrogens is 394 g/mol. The van der Waals surface area contributed by atoms with E-state index < -0.39 is 0 Å². The van der Waals surface area contributed by atoms with E-state index in [2.05, 4.69) is 101 Å². The number of nitrogens with zero attached hydrogens (tertiary/aromatic N) is 3. The molecule has 1 aliphatic rings. The maximum Gasteiger partial charge on any atom is 0.144 e. The highest BCUT2D eigenvalue weighted by Gasteiger charge is 2.38. The second kappa shape index (κ2) is 9.67. The monoisotopic (exact) mass is 421 g/mol. The third-order valence-corrected chi connectivity index (χ3v) is 5.83. The molecule has 0 spiro atoms. The van der Waals surface area contributed by atoms with Gasteiger partial charge in [0, 0.05) is 13.1 Å². The molecule has 32 heavy (non-hydrogen) atoms. The van der Waals surface area contributed by atoms with Gasteiger partial charge in [-0.1, -0.05) is 91.0 Å². The molecule has 0 N–H and O–H groups in total. The minimum absolute atomic E-state index is 0.0000596. The van der Waals surface area contributed by atoms with Gasteiger partial charge in [-0.3, -0.25) is 9.89 Å². The predicted octanol–water partition coefficient (Wildman–Crippen LogP) is 5.89. The highest BCUT2D eigenvalue weighted by atomic mass is 16.3. The number of aliphatic imine (C=N–C) groups is 1. The molecule has 0 amide bonds. The molecule has 1 saturated heterocycles. The van der Waals surface area contributed by atoms with Crippen LogP contribution in [0.3, 0.4) is 0 Å². The predicted molar refractivity (Wildman–Crippen MR) is 128 cm³/mol. The number of hydrogen-bond donors (Lipinski definition) is 0. The van der Waals surface area contributed by atoms with Crippen molar-refractivity contribution in [1.82, 2.24) is 9.80 Å². The molecule has 3 aromatic carbocycles. The van der Waals surface area contributed by atoms with E-state index in [-0.39, 0.29) is 6.17 Å². The van der Waals surface area contributed by atoms with Crippen molar-refractivity contribution in [2.45, 2.75) is 25.8 Å². The normalized spacial score (nSPS) is 17.8.